The SMILES string of the molecule is CCOC(=O)C(C)(Cc1cnc2ccccc2n1)C(=O)OCC. The van der Waals surface area contributed by atoms with Gasteiger partial charge >= 0.3 is 11.9 Å². The van der Waals surface area contributed by atoms with Crippen LogP contribution in [0.15, 0.2) is 30.5 Å². The van der Waals surface area contributed by atoms with Crippen LogP contribution in [0.3, 0.4) is 0 Å². The molecule has 2 rings (SSSR count). The van der Waals surface area contributed by atoms with E-state index in [1.54, 1.807) is 20.0 Å². The van der Waals surface area contributed by atoms with Crippen molar-refractivity contribution in [3.05, 3.63) is 36.2 Å². The van der Waals surface area contributed by atoms with Crippen LogP contribution in [-0.4, -0.2) is 35.1 Å². The fraction of sp³-hybridized carbons (Fsp3) is 0.412. The molecular formula is C17H20N2O4. The Balaban J connectivity index is 2.34. The molecule has 1 heterocycles. The fourth-order valence-corrected chi connectivity index (χ4v) is 2.25. The van der Waals surface area contributed by atoms with E-state index in [4.69, 9.17) is 9.47 Å². The number of benzene rings is 1. The standard InChI is InChI=1S/C17H20N2O4/c1-4-22-15(20)17(3,16(21)23-5-2)10-12-11-18-13-8-6-7-9-14(13)19-12/h6-9,11H,4-5,10H2,1-3H3. The molecular weight excluding hydrogens is 296 g/mol. The number of carbonyl (C=O) groups is 2. The minimum atomic E-state index is -1.44. The second-order valence-electron chi connectivity index (χ2n) is 5.30. The van der Waals surface area contributed by atoms with Crippen molar-refractivity contribution in [3.8, 4) is 0 Å². The van der Waals surface area contributed by atoms with Crippen molar-refractivity contribution < 1.29 is 19.1 Å². The summed E-state index contributed by atoms with van der Waals surface area (Å²) in [5.74, 6) is -1.23. The Labute approximate surface area is 134 Å². The number of esters is 2. The highest BCUT2D eigenvalue weighted by Crippen LogP contribution is 2.26. The van der Waals surface area contributed by atoms with Gasteiger partial charge in [-0.05, 0) is 32.9 Å². The van der Waals surface area contributed by atoms with Crippen molar-refractivity contribution in [1.82, 2.24) is 9.97 Å². The lowest BCUT2D eigenvalue weighted by molar-refractivity contribution is -0.170. The van der Waals surface area contributed by atoms with Crippen LogP contribution in [-0.2, 0) is 25.5 Å². The summed E-state index contributed by atoms with van der Waals surface area (Å²) in [6, 6.07) is 7.41. The van der Waals surface area contributed by atoms with Gasteiger partial charge in [0, 0.05) is 12.6 Å². The maximum Gasteiger partial charge on any atom is 0.323 e. The monoisotopic (exact) mass is 316 g/mol. The molecule has 1 aromatic carbocycles. The third-order valence-corrected chi connectivity index (χ3v) is 3.49. The molecule has 0 fully saturated rings. The van der Waals surface area contributed by atoms with Gasteiger partial charge in [-0.25, -0.2) is 4.98 Å². The van der Waals surface area contributed by atoms with Crippen molar-refractivity contribution in [3.63, 3.8) is 0 Å². The maximum absolute atomic E-state index is 12.3. The zero-order chi connectivity index (χ0) is 16.9. The quantitative estimate of drug-likeness (QED) is 0.601. The van der Waals surface area contributed by atoms with Crippen molar-refractivity contribution in [2.75, 3.05) is 13.2 Å². The van der Waals surface area contributed by atoms with Gasteiger partial charge in [-0.1, -0.05) is 12.1 Å². The molecule has 6 heteroatoms. The highest BCUT2D eigenvalue weighted by atomic mass is 16.6. The van der Waals surface area contributed by atoms with Crippen molar-refractivity contribution >= 4 is 23.0 Å². The van der Waals surface area contributed by atoms with E-state index >= 15 is 0 Å². The number of hydrogen-bond donors (Lipinski definition) is 0. The van der Waals surface area contributed by atoms with Gasteiger partial charge in [-0.3, -0.25) is 14.6 Å². The second-order valence-corrected chi connectivity index (χ2v) is 5.30. The topological polar surface area (TPSA) is 78.4 Å². The molecule has 0 radical (unpaired) electrons. The van der Waals surface area contributed by atoms with Crippen LogP contribution >= 0.6 is 0 Å². The van der Waals surface area contributed by atoms with E-state index in [-0.39, 0.29) is 19.6 Å². The predicted molar refractivity (Wildman–Crippen MR) is 84.6 cm³/mol. The van der Waals surface area contributed by atoms with Crippen LogP contribution < -0.4 is 0 Å². The molecule has 0 aliphatic carbocycles. The first-order valence-electron chi connectivity index (χ1n) is 7.56. The summed E-state index contributed by atoms with van der Waals surface area (Å²) in [6.45, 7) is 5.28. The smallest absolute Gasteiger partial charge is 0.323 e. The zero-order valence-corrected chi connectivity index (χ0v) is 13.5. The number of aromatic nitrogens is 2. The van der Waals surface area contributed by atoms with E-state index < -0.39 is 17.4 Å². The maximum atomic E-state index is 12.3. The van der Waals surface area contributed by atoms with E-state index in [0.717, 1.165) is 5.52 Å². The lowest BCUT2D eigenvalue weighted by Gasteiger charge is -2.24. The average molecular weight is 316 g/mol. The summed E-state index contributed by atoms with van der Waals surface area (Å²) >= 11 is 0. The number of ether oxygens (including phenoxy) is 2. The molecule has 6 nitrogen and oxygen atoms in total. The third kappa shape index (κ3) is 3.64. The molecule has 0 aliphatic heterocycles. The summed E-state index contributed by atoms with van der Waals surface area (Å²) in [6.07, 6.45) is 1.64. The number of para-hydroxylation sites is 2. The normalized spacial score (nSPS) is 11.3. The zero-order valence-electron chi connectivity index (χ0n) is 13.5. The minimum absolute atomic E-state index is 0.0719. The molecule has 0 spiro atoms. The highest BCUT2D eigenvalue weighted by molar-refractivity contribution is 5.99. The van der Waals surface area contributed by atoms with Gasteiger partial charge < -0.3 is 9.47 Å². The molecule has 2 aromatic rings. The van der Waals surface area contributed by atoms with Crippen LogP contribution in [0.25, 0.3) is 11.0 Å². The van der Waals surface area contributed by atoms with E-state index in [0.29, 0.717) is 11.2 Å². The van der Waals surface area contributed by atoms with Gasteiger partial charge in [-0.2, -0.15) is 0 Å². The van der Waals surface area contributed by atoms with Crippen LogP contribution in [0, 0.1) is 5.41 Å². The summed E-state index contributed by atoms with van der Waals surface area (Å²) in [7, 11) is 0. The van der Waals surface area contributed by atoms with Gasteiger partial charge in [-0.15, -0.1) is 0 Å². The van der Waals surface area contributed by atoms with Crippen molar-refractivity contribution in [1.29, 1.82) is 0 Å². The second kappa shape index (κ2) is 7.17. The van der Waals surface area contributed by atoms with E-state index in [1.165, 1.54) is 6.92 Å². The van der Waals surface area contributed by atoms with Gasteiger partial charge in [0.15, 0.2) is 5.41 Å². The molecule has 122 valence electrons. The van der Waals surface area contributed by atoms with E-state index in [2.05, 4.69) is 9.97 Å². The summed E-state index contributed by atoms with van der Waals surface area (Å²) in [5.41, 5.74) is 0.556. The van der Waals surface area contributed by atoms with Crippen molar-refractivity contribution in [2.45, 2.75) is 27.2 Å². The molecule has 0 amide bonds. The van der Waals surface area contributed by atoms with Gasteiger partial charge in [0.1, 0.15) is 0 Å². The van der Waals surface area contributed by atoms with Gasteiger partial charge in [0.25, 0.3) is 0 Å². The Morgan fingerprint density at radius 2 is 1.61 bits per heavy atom. The summed E-state index contributed by atoms with van der Waals surface area (Å²) < 4.78 is 10.1. The third-order valence-electron chi connectivity index (χ3n) is 3.49. The van der Waals surface area contributed by atoms with Crippen LogP contribution in [0.4, 0.5) is 0 Å². The van der Waals surface area contributed by atoms with Crippen LogP contribution in [0.1, 0.15) is 26.5 Å². The number of nitrogens with zero attached hydrogens (tertiary/aromatic N) is 2. The first kappa shape index (κ1) is 16.9. The van der Waals surface area contributed by atoms with Crippen LogP contribution in [0.2, 0.25) is 0 Å². The fourth-order valence-electron chi connectivity index (χ4n) is 2.25. The summed E-state index contributed by atoms with van der Waals surface area (Å²) in [4.78, 5) is 33.3. The molecule has 0 atom stereocenters. The first-order valence-corrected chi connectivity index (χ1v) is 7.56. The van der Waals surface area contributed by atoms with Gasteiger partial charge in [0.05, 0.1) is 29.9 Å². The van der Waals surface area contributed by atoms with E-state index in [1.807, 2.05) is 24.3 Å². The number of fused-ring (bicyclic) bond motifs is 1. The first-order chi connectivity index (χ1) is 11.0. The Kier molecular flexibility index (Phi) is 5.26. The minimum Gasteiger partial charge on any atom is -0.465 e. The predicted octanol–water partition coefficient (Wildman–Crippen LogP) is 2.30. The Bertz CT molecular complexity index is 697. The Morgan fingerprint density at radius 3 is 2.17 bits per heavy atom. The Morgan fingerprint density at radius 1 is 1.04 bits per heavy atom. The van der Waals surface area contributed by atoms with Gasteiger partial charge in [0.2, 0.25) is 0 Å². The number of rotatable bonds is 6. The number of hydrogen-bond acceptors (Lipinski definition) is 6. The Hall–Kier alpha value is -2.50. The molecule has 0 saturated heterocycles. The molecule has 0 unspecified atom stereocenters. The molecule has 23 heavy (non-hydrogen) atoms. The largest absolute Gasteiger partial charge is 0.465 e. The summed E-state index contributed by atoms with van der Waals surface area (Å²) in [5, 5.41) is 0. The number of carbonyl (C=O) groups excluding carboxylic acids is 2. The molecule has 0 aliphatic rings. The lowest BCUT2D eigenvalue weighted by Crippen LogP contribution is -2.41. The highest BCUT2D eigenvalue weighted by Gasteiger charge is 2.44. The molecule has 0 N–H and O–H groups in total. The molecule has 1 aromatic heterocycles. The molecule has 0 bridgehead atoms. The van der Waals surface area contributed by atoms with Crippen LogP contribution in [0.5, 0.6) is 0 Å². The lowest BCUT2D eigenvalue weighted by atomic mass is 9.85. The van der Waals surface area contributed by atoms with Crippen molar-refractivity contribution in [2.24, 2.45) is 5.41 Å². The molecule has 0 saturated carbocycles. The van der Waals surface area contributed by atoms with E-state index in [9.17, 15) is 9.59 Å². The average Bonchev–Trinajstić information content (AvgIpc) is 2.55.